The highest BCUT2D eigenvalue weighted by atomic mass is 16.1. The zero-order valence-corrected chi connectivity index (χ0v) is 15.0. The fraction of sp³-hybridized carbons (Fsp3) is 0.200. The number of benzene rings is 2. The van der Waals surface area contributed by atoms with E-state index in [1.54, 1.807) is 17.3 Å². The Morgan fingerprint density at radius 1 is 1.11 bits per heavy atom. The Hall–Kier alpha value is -3.48. The van der Waals surface area contributed by atoms with Gasteiger partial charge >= 0.3 is 0 Å². The Morgan fingerprint density at radius 2 is 1.93 bits per heavy atom. The van der Waals surface area contributed by atoms with Gasteiger partial charge in [0.15, 0.2) is 0 Å². The van der Waals surface area contributed by atoms with Crippen LogP contribution in [0.25, 0.3) is 16.7 Å². The molecule has 2 aromatic carbocycles. The van der Waals surface area contributed by atoms with Crippen molar-refractivity contribution in [3.63, 3.8) is 0 Å². The van der Waals surface area contributed by atoms with Crippen LogP contribution in [-0.4, -0.2) is 30.2 Å². The normalized spacial score (nSPS) is 12.2. The summed E-state index contributed by atoms with van der Waals surface area (Å²) in [7, 11) is 0. The fourth-order valence-electron chi connectivity index (χ4n) is 3.06. The summed E-state index contributed by atoms with van der Waals surface area (Å²) in [5.41, 5.74) is 3.96. The van der Waals surface area contributed by atoms with Gasteiger partial charge in [0.05, 0.1) is 29.1 Å². The summed E-state index contributed by atoms with van der Waals surface area (Å²) < 4.78 is 3.70. The van der Waals surface area contributed by atoms with E-state index in [2.05, 4.69) is 20.4 Å². The molecule has 1 atom stereocenters. The van der Waals surface area contributed by atoms with Crippen LogP contribution in [0.3, 0.4) is 0 Å². The van der Waals surface area contributed by atoms with Gasteiger partial charge in [-0.15, -0.1) is 0 Å². The van der Waals surface area contributed by atoms with Crippen molar-refractivity contribution in [3.05, 3.63) is 73.1 Å². The van der Waals surface area contributed by atoms with Gasteiger partial charge in [-0.1, -0.05) is 24.3 Å². The predicted molar refractivity (Wildman–Crippen MR) is 102 cm³/mol. The predicted octanol–water partition coefficient (Wildman–Crippen LogP) is 2.88. The zero-order valence-electron chi connectivity index (χ0n) is 15.0. The molecule has 0 aliphatic rings. The average Bonchev–Trinajstić information content (AvgIpc) is 3.37. The van der Waals surface area contributed by atoms with Crippen molar-refractivity contribution in [2.24, 2.45) is 0 Å². The molecule has 0 aliphatic heterocycles. The molecule has 0 spiro atoms. The summed E-state index contributed by atoms with van der Waals surface area (Å²) in [6, 6.07) is 15.8. The maximum absolute atomic E-state index is 12.3. The van der Waals surface area contributed by atoms with Gasteiger partial charge in [0.25, 0.3) is 0 Å². The number of hydrogen-bond donors (Lipinski definition) is 1. The Balaban J connectivity index is 1.35. The number of imidazole rings is 1. The van der Waals surface area contributed by atoms with Gasteiger partial charge in [-0.05, 0) is 36.8 Å². The minimum atomic E-state index is -0.0678. The quantitative estimate of drug-likeness (QED) is 0.573. The number of para-hydroxylation sites is 2. The second-order valence-electron chi connectivity index (χ2n) is 6.40. The Morgan fingerprint density at radius 3 is 2.70 bits per heavy atom. The number of fused-ring (bicyclic) bond motifs is 1. The molecule has 4 aromatic rings. The number of rotatable bonds is 6. The lowest BCUT2D eigenvalue weighted by molar-refractivity contribution is -0.121. The third-order valence-electron chi connectivity index (χ3n) is 4.56. The van der Waals surface area contributed by atoms with Crippen LogP contribution in [0.15, 0.2) is 67.5 Å². The first-order valence-electron chi connectivity index (χ1n) is 8.85. The molecule has 136 valence electrons. The SMILES string of the molecule is CC(NC(=O)CCn1cnc2ccccc21)c1ccc(-n2cncn2)cc1. The number of amides is 1. The van der Waals surface area contributed by atoms with Crippen molar-refractivity contribution in [2.45, 2.75) is 25.9 Å². The van der Waals surface area contributed by atoms with Crippen LogP contribution in [-0.2, 0) is 11.3 Å². The molecular weight excluding hydrogens is 340 g/mol. The molecule has 0 fully saturated rings. The lowest BCUT2D eigenvalue weighted by Crippen LogP contribution is -2.27. The molecule has 2 heterocycles. The van der Waals surface area contributed by atoms with Gasteiger partial charge in [-0.25, -0.2) is 14.6 Å². The van der Waals surface area contributed by atoms with E-state index in [4.69, 9.17) is 0 Å². The van der Waals surface area contributed by atoms with E-state index >= 15 is 0 Å². The number of hydrogen-bond acceptors (Lipinski definition) is 4. The molecule has 0 saturated heterocycles. The number of aromatic nitrogens is 5. The standard InChI is InChI=1S/C20H20N6O/c1-15(16-6-8-17(9-7-16)26-13-21-12-23-26)24-20(27)10-11-25-14-22-18-4-2-3-5-19(18)25/h2-9,12-15H,10-11H2,1H3,(H,24,27). The summed E-state index contributed by atoms with van der Waals surface area (Å²) >= 11 is 0. The maximum atomic E-state index is 12.3. The van der Waals surface area contributed by atoms with E-state index in [-0.39, 0.29) is 11.9 Å². The molecule has 1 amide bonds. The average molecular weight is 360 g/mol. The van der Waals surface area contributed by atoms with Gasteiger partial charge in [0.2, 0.25) is 5.91 Å². The van der Waals surface area contributed by atoms with Crippen LogP contribution in [0.2, 0.25) is 0 Å². The molecule has 1 N–H and O–H groups in total. The first kappa shape index (κ1) is 17.0. The van der Waals surface area contributed by atoms with E-state index in [1.165, 1.54) is 6.33 Å². The molecule has 27 heavy (non-hydrogen) atoms. The number of carbonyl (C=O) groups is 1. The highest BCUT2D eigenvalue weighted by Gasteiger charge is 2.11. The van der Waals surface area contributed by atoms with Crippen molar-refractivity contribution in [1.82, 2.24) is 29.6 Å². The Bertz CT molecular complexity index is 1040. The van der Waals surface area contributed by atoms with Crippen LogP contribution in [0.5, 0.6) is 0 Å². The van der Waals surface area contributed by atoms with Crippen LogP contribution < -0.4 is 5.32 Å². The molecule has 4 rings (SSSR count). The van der Waals surface area contributed by atoms with E-state index in [1.807, 2.05) is 60.0 Å². The first-order valence-corrected chi connectivity index (χ1v) is 8.85. The molecule has 1 unspecified atom stereocenters. The largest absolute Gasteiger partial charge is 0.350 e. The summed E-state index contributed by atoms with van der Waals surface area (Å²) in [4.78, 5) is 20.6. The molecule has 0 saturated carbocycles. The van der Waals surface area contributed by atoms with E-state index in [9.17, 15) is 4.79 Å². The van der Waals surface area contributed by atoms with Gasteiger partial charge in [0.1, 0.15) is 12.7 Å². The fourth-order valence-corrected chi connectivity index (χ4v) is 3.06. The lowest BCUT2D eigenvalue weighted by Gasteiger charge is -2.15. The molecule has 7 nitrogen and oxygen atoms in total. The number of aryl methyl sites for hydroxylation is 1. The van der Waals surface area contributed by atoms with E-state index in [0.29, 0.717) is 13.0 Å². The van der Waals surface area contributed by atoms with Crippen molar-refractivity contribution in [2.75, 3.05) is 0 Å². The zero-order chi connectivity index (χ0) is 18.6. The summed E-state index contributed by atoms with van der Waals surface area (Å²) in [6.45, 7) is 2.58. The third-order valence-corrected chi connectivity index (χ3v) is 4.56. The highest BCUT2D eigenvalue weighted by molar-refractivity contribution is 5.77. The van der Waals surface area contributed by atoms with Crippen molar-refractivity contribution >= 4 is 16.9 Å². The summed E-state index contributed by atoms with van der Waals surface area (Å²) in [5.74, 6) is 0.0145. The summed E-state index contributed by atoms with van der Waals surface area (Å²) in [6.07, 6.45) is 5.34. The molecule has 0 bridgehead atoms. The van der Waals surface area contributed by atoms with Gasteiger partial charge < -0.3 is 9.88 Å². The van der Waals surface area contributed by atoms with E-state index < -0.39 is 0 Å². The Labute approximate surface area is 156 Å². The van der Waals surface area contributed by atoms with Crippen molar-refractivity contribution < 1.29 is 4.79 Å². The van der Waals surface area contributed by atoms with Crippen molar-refractivity contribution in [1.29, 1.82) is 0 Å². The number of carbonyl (C=O) groups excluding carboxylic acids is 1. The Kier molecular flexibility index (Phi) is 4.65. The second-order valence-corrected chi connectivity index (χ2v) is 6.40. The molecular formula is C20H20N6O. The maximum Gasteiger partial charge on any atom is 0.222 e. The van der Waals surface area contributed by atoms with Gasteiger partial charge in [0, 0.05) is 13.0 Å². The van der Waals surface area contributed by atoms with E-state index in [0.717, 1.165) is 22.3 Å². The monoisotopic (exact) mass is 360 g/mol. The van der Waals surface area contributed by atoms with Crippen LogP contribution in [0, 0.1) is 0 Å². The second kappa shape index (κ2) is 7.41. The third kappa shape index (κ3) is 3.72. The topological polar surface area (TPSA) is 77.6 Å². The summed E-state index contributed by atoms with van der Waals surface area (Å²) in [5, 5.41) is 7.16. The lowest BCUT2D eigenvalue weighted by atomic mass is 10.1. The van der Waals surface area contributed by atoms with Crippen molar-refractivity contribution in [3.8, 4) is 5.69 Å². The van der Waals surface area contributed by atoms with Crippen LogP contribution in [0.1, 0.15) is 24.9 Å². The first-order chi connectivity index (χ1) is 13.2. The highest BCUT2D eigenvalue weighted by Crippen LogP contribution is 2.16. The minimum Gasteiger partial charge on any atom is -0.350 e. The molecule has 0 aliphatic carbocycles. The van der Waals surface area contributed by atoms with Crippen LogP contribution >= 0.6 is 0 Å². The van der Waals surface area contributed by atoms with Gasteiger partial charge in [-0.2, -0.15) is 5.10 Å². The van der Waals surface area contributed by atoms with Crippen LogP contribution in [0.4, 0.5) is 0 Å². The molecule has 0 radical (unpaired) electrons. The number of nitrogens with one attached hydrogen (secondary N) is 1. The smallest absolute Gasteiger partial charge is 0.222 e. The molecule has 7 heteroatoms. The minimum absolute atomic E-state index is 0.0145. The molecule has 2 aromatic heterocycles. The van der Waals surface area contributed by atoms with Gasteiger partial charge in [-0.3, -0.25) is 4.79 Å². The number of nitrogens with zero attached hydrogens (tertiary/aromatic N) is 5.